The molecule has 30 heavy (non-hydrogen) atoms. The molecule has 1 aromatic heterocycles. The maximum Gasteiger partial charge on any atom is 0.305 e. The van der Waals surface area contributed by atoms with Crippen LogP contribution >= 0.6 is 11.3 Å². The molecule has 0 spiro atoms. The van der Waals surface area contributed by atoms with E-state index in [1.807, 2.05) is 0 Å². The Morgan fingerprint density at radius 2 is 2.03 bits per heavy atom. The number of oxime groups is 1. The Kier molecular flexibility index (Phi) is 11.4. The number of carbonyl (C=O) groups is 1. The van der Waals surface area contributed by atoms with E-state index in [0.717, 1.165) is 57.8 Å². The highest BCUT2D eigenvalue weighted by molar-refractivity contribution is 7.09. The van der Waals surface area contributed by atoms with Gasteiger partial charge in [0.1, 0.15) is 0 Å². The molecule has 1 fully saturated rings. The van der Waals surface area contributed by atoms with Crippen LogP contribution in [0.1, 0.15) is 75.5 Å². The van der Waals surface area contributed by atoms with Gasteiger partial charge in [-0.15, -0.1) is 11.3 Å². The first-order valence-corrected chi connectivity index (χ1v) is 12.1. The van der Waals surface area contributed by atoms with Crippen molar-refractivity contribution in [2.45, 2.75) is 89.3 Å². The van der Waals surface area contributed by atoms with Crippen LogP contribution in [0.2, 0.25) is 0 Å². The lowest BCUT2D eigenvalue weighted by Crippen LogP contribution is -2.22. The topological polar surface area (TPSA) is 99.4 Å². The average molecular weight is 440 g/mol. The van der Waals surface area contributed by atoms with E-state index in [0.29, 0.717) is 25.0 Å². The van der Waals surface area contributed by atoms with Gasteiger partial charge >= 0.3 is 5.97 Å². The number of aliphatic hydroxyl groups excluding tert-OH is 2. The summed E-state index contributed by atoms with van der Waals surface area (Å²) in [5.41, 5.74) is 0.670. The highest BCUT2D eigenvalue weighted by Crippen LogP contribution is 2.37. The quantitative estimate of drug-likeness (QED) is 0.171. The van der Waals surface area contributed by atoms with Gasteiger partial charge < -0.3 is 20.2 Å². The molecule has 3 N–H and O–H groups in total. The van der Waals surface area contributed by atoms with Crippen LogP contribution in [0.5, 0.6) is 0 Å². The van der Waals surface area contributed by atoms with E-state index in [9.17, 15) is 20.2 Å². The van der Waals surface area contributed by atoms with Gasteiger partial charge in [-0.25, -0.2) is 0 Å². The Labute approximate surface area is 184 Å². The van der Waals surface area contributed by atoms with Crippen molar-refractivity contribution >= 4 is 23.0 Å². The van der Waals surface area contributed by atoms with Gasteiger partial charge in [-0.2, -0.15) is 0 Å². The van der Waals surface area contributed by atoms with Gasteiger partial charge in [0.2, 0.25) is 0 Å². The second-order valence-corrected chi connectivity index (χ2v) is 9.40. The molecule has 1 heterocycles. The van der Waals surface area contributed by atoms with E-state index in [4.69, 9.17) is 0 Å². The standard InChI is InChI=1S/C23H37NO5S/c1-29-23(27)12-5-3-2-4-11-20-19(21(24-28)16-22(20)26)14-13-17(25)8-6-9-18-10-7-15-30-18/h7,10,15,17,19-20,22,25-26,28H,2-6,8-9,11-14,16H2,1H3/b24-21-/t17-,19+,20+,22-/m0/s1. The molecule has 1 aliphatic rings. The number of aryl methyl sites for hydroxylation is 1. The minimum absolute atomic E-state index is 0.0343. The summed E-state index contributed by atoms with van der Waals surface area (Å²) in [5.74, 6) is -0.0548. The molecule has 0 saturated heterocycles. The first-order valence-electron chi connectivity index (χ1n) is 11.2. The number of nitrogens with zero attached hydrogens (tertiary/aromatic N) is 1. The van der Waals surface area contributed by atoms with Gasteiger partial charge in [0.05, 0.1) is 25.0 Å². The van der Waals surface area contributed by atoms with Crippen LogP contribution in [0.15, 0.2) is 22.7 Å². The molecule has 0 radical (unpaired) electrons. The van der Waals surface area contributed by atoms with Crippen LogP contribution in [-0.4, -0.2) is 46.4 Å². The average Bonchev–Trinajstić information content (AvgIpc) is 3.36. The summed E-state index contributed by atoms with van der Waals surface area (Å²) in [6.45, 7) is 0. The lowest BCUT2D eigenvalue weighted by Gasteiger charge is -2.23. The molecule has 1 aromatic rings. The van der Waals surface area contributed by atoms with Crippen LogP contribution in [0.3, 0.4) is 0 Å². The fourth-order valence-corrected chi connectivity index (χ4v) is 5.26. The zero-order valence-electron chi connectivity index (χ0n) is 18.0. The molecule has 1 saturated carbocycles. The number of thiophene rings is 1. The van der Waals surface area contributed by atoms with E-state index in [2.05, 4.69) is 27.4 Å². The summed E-state index contributed by atoms with van der Waals surface area (Å²) in [4.78, 5) is 12.5. The minimum atomic E-state index is -0.480. The molecular weight excluding hydrogens is 402 g/mol. The third kappa shape index (κ3) is 8.36. The van der Waals surface area contributed by atoms with E-state index in [1.165, 1.54) is 12.0 Å². The fraction of sp³-hybridized carbons (Fsp3) is 0.739. The van der Waals surface area contributed by atoms with Gasteiger partial charge in [0.25, 0.3) is 0 Å². The molecule has 0 aromatic carbocycles. The molecule has 7 heteroatoms. The number of hydrogen-bond acceptors (Lipinski definition) is 7. The first-order chi connectivity index (χ1) is 14.5. The van der Waals surface area contributed by atoms with E-state index >= 15 is 0 Å². The van der Waals surface area contributed by atoms with Gasteiger partial charge in [-0.1, -0.05) is 30.5 Å². The molecule has 0 amide bonds. The Bertz CT molecular complexity index is 634. The molecule has 4 atom stereocenters. The molecule has 0 bridgehead atoms. The Morgan fingerprint density at radius 1 is 1.23 bits per heavy atom. The first kappa shape index (κ1) is 24.8. The molecule has 0 aliphatic heterocycles. The number of rotatable bonds is 14. The number of aliphatic hydroxyl groups is 2. The van der Waals surface area contributed by atoms with E-state index in [1.54, 1.807) is 11.3 Å². The van der Waals surface area contributed by atoms with Crippen LogP contribution in [0.4, 0.5) is 0 Å². The maximum atomic E-state index is 11.1. The van der Waals surface area contributed by atoms with Crippen LogP contribution in [0.25, 0.3) is 0 Å². The lowest BCUT2D eigenvalue weighted by atomic mass is 9.84. The van der Waals surface area contributed by atoms with Crippen molar-refractivity contribution in [1.29, 1.82) is 0 Å². The zero-order chi connectivity index (χ0) is 21.8. The third-order valence-electron chi connectivity index (χ3n) is 6.23. The maximum absolute atomic E-state index is 11.1. The Morgan fingerprint density at radius 3 is 2.73 bits per heavy atom. The highest BCUT2D eigenvalue weighted by Gasteiger charge is 2.39. The summed E-state index contributed by atoms with van der Waals surface area (Å²) < 4.78 is 4.65. The van der Waals surface area contributed by atoms with Crippen molar-refractivity contribution in [2.24, 2.45) is 17.0 Å². The summed E-state index contributed by atoms with van der Waals surface area (Å²) in [6.07, 6.45) is 8.81. The third-order valence-corrected chi connectivity index (χ3v) is 7.17. The van der Waals surface area contributed by atoms with Crippen LogP contribution in [0, 0.1) is 11.8 Å². The smallest absolute Gasteiger partial charge is 0.305 e. The van der Waals surface area contributed by atoms with Crippen molar-refractivity contribution in [2.75, 3.05) is 7.11 Å². The van der Waals surface area contributed by atoms with Crippen molar-refractivity contribution in [1.82, 2.24) is 0 Å². The van der Waals surface area contributed by atoms with Crippen LogP contribution in [-0.2, 0) is 16.0 Å². The van der Waals surface area contributed by atoms with Gasteiger partial charge in [-0.3, -0.25) is 4.79 Å². The summed E-state index contributed by atoms with van der Waals surface area (Å²) in [5, 5.41) is 35.8. The second kappa shape index (κ2) is 13.8. The molecule has 6 nitrogen and oxygen atoms in total. The highest BCUT2D eigenvalue weighted by atomic mass is 32.1. The van der Waals surface area contributed by atoms with Crippen molar-refractivity contribution in [3.63, 3.8) is 0 Å². The van der Waals surface area contributed by atoms with Gasteiger partial charge in [0.15, 0.2) is 0 Å². The van der Waals surface area contributed by atoms with E-state index in [-0.39, 0.29) is 23.9 Å². The SMILES string of the molecule is COC(=O)CCCCCC[C@H]1[C@@H](O)C/C(=N/O)[C@@H]1CC[C@@H](O)CCCc1cccs1. The van der Waals surface area contributed by atoms with Crippen molar-refractivity contribution < 1.29 is 25.0 Å². The normalized spacial score (nSPS) is 23.7. The number of unbranched alkanes of at least 4 members (excludes halogenated alkanes) is 3. The number of ether oxygens (including phenoxy) is 1. The number of hydrogen-bond donors (Lipinski definition) is 3. The predicted molar refractivity (Wildman–Crippen MR) is 119 cm³/mol. The van der Waals surface area contributed by atoms with Gasteiger partial charge in [0, 0.05) is 23.6 Å². The largest absolute Gasteiger partial charge is 0.469 e. The molecule has 2 rings (SSSR count). The molecule has 0 unspecified atom stereocenters. The minimum Gasteiger partial charge on any atom is -0.469 e. The second-order valence-electron chi connectivity index (χ2n) is 8.36. The molecular formula is C23H37NO5S. The van der Waals surface area contributed by atoms with E-state index < -0.39 is 6.10 Å². The van der Waals surface area contributed by atoms with Crippen molar-refractivity contribution in [3.8, 4) is 0 Å². The van der Waals surface area contributed by atoms with Crippen LogP contribution < -0.4 is 0 Å². The Balaban J connectivity index is 1.70. The molecule has 170 valence electrons. The Hall–Kier alpha value is -1.44. The molecule has 1 aliphatic carbocycles. The van der Waals surface area contributed by atoms with Crippen molar-refractivity contribution in [3.05, 3.63) is 22.4 Å². The number of esters is 1. The summed E-state index contributed by atoms with van der Waals surface area (Å²) in [7, 11) is 1.41. The fourth-order valence-electron chi connectivity index (χ4n) is 4.51. The van der Waals surface area contributed by atoms with Gasteiger partial charge in [-0.05, 0) is 62.3 Å². The zero-order valence-corrected chi connectivity index (χ0v) is 18.9. The number of carbonyl (C=O) groups excluding carboxylic acids is 1. The number of methoxy groups -OCH3 is 1. The monoisotopic (exact) mass is 439 g/mol. The summed E-state index contributed by atoms with van der Waals surface area (Å²) in [6, 6.07) is 4.18. The lowest BCUT2D eigenvalue weighted by molar-refractivity contribution is -0.140. The summed E-state index contributed by atoms with van der Waals surface area (Å²) >= 11 is 1.75. The predicted octanol–water partition coefficient (Wildman–Crippen LogP) is 4.55.